The Morgan fingerprint density at radius 3 is 2.55 bits per heavy atom. The minimum Gasteiger partial charge on any atom is -0.488 e. The van der Waals surface area contributed by atoms with Crippen molar-refractivity contribution in [1.82, 2.24) is 9.88 Å². The normalized spacial score (nSPS) is 20.0. The zero-order valence-corrected chi connectivity index (χ0v) is 24.4. The van der Waals surface area contributed by atoms with Gasteiger partial charge in [0.05, 0.1) is 18.2 Å². The lowest BCUT2D eigenvalue weighted by Gasteiger charge is -2.35. The Morgan fingerprint density at radius 2 is 1.88 bits per heavy atom. The molecule has 2 aliphatic rings. The van der Waals surface area contributed by atoms with Crippen molar-refractivity contribution in [3.05, 3.63) is 64.0 Å². The first-order chi connectivity index (χ1) is 19.2. The number of hydrogen-bond donors (Lipinski definition) is 1. The maximum atomic E-state index is 12.7. The standard InChI is InChI=1S/C31H37N3O5S/c1-19-5-10-27(39-17-24-9-6-21(14-20(24)2)29(35)33(3)11-12-38-4)25(13-19)26-18-40-31(32-26)34-15-22-7-8-23(16-34)28(22)30(36)37/h5-6,9-10,13-14,18,22-23,28H,7-8,11-12,15-17H2,1-4H3,(H,36,37)/t22-,23?,28+/m1/s1. The number of aryl methyl sites for hydroxylation is 2. The lowest BCUT2D eigenvalue weighted by atomic mass is 9.85. The average molecular weight is 564 g/mol. The molecule has 2 aromatic carbocycles. The molecule has 9 heteroatoms. The van der Waals surface area contributed by atoms with Gasteiger partial charge < -0.3 is 24.4 Å². The van der Waals surface area contributed by atoms with E-state index in [2.05, 4.69) is 23.3 Å². The second kappa shape index (κ2) is 12.0. The molecular weight excluding hydrogens is 526 g/mol. The molecule has 40 heavy (non-hydrogen) atoms. The maximum Gasteiger partial charge on any atom is 0.307 e. The number of carboxylic acid groups (broad SMARTS) is 1. The Balaban J connectivity index is 1.29. The molecule has 3 atom stereocenters. The summed E-state index contributed by atoms with van der Waals surface area (Å²) in [6, 6.07) is 11.8. The molecule has 3 aromatic rings. The van der Waals surface area contributed by atoms with E-state index < -0.39 is 5.97 Å². The van der Waals surface area contributed by atoms with Crippen molar-refractivity contribution in [1.29, 1.82) is 0 Å². The van der Waals surface area contributed by atoms with Crippen LogP contribution >= 0.6 is 11.3 Å². The highest BCUT2D eigenvalue weighted by Crippen LogP contribution is 2.44. The third-order valence-corrected chi connectivity index (χ3v) is 9.14. The Labute approximate surface area is 239 Å². The summed E-state index contributed by atoms with van der Waals surface area (Å²) in [4.78, 5) is 33.4. The number of ether oxygens (including phenoxy) is 2. The van der Waals surface area contributed by atoms with Crippen molar-refractivity contribution in [2.45, 2.75) is 33.3 Å². The van der Waals surface area contributed by atoms with Crippen LogP contribution in [0.15, 0.2) is 41.8 Å². The maximum absolute atomic E-state index is 12.7. The molecule has 1 saturated carbocycles. The number of carboxylic acids is 1. The molecular formula is C31H37N3O5S. The number of piperidine rings is 1. The topological polar surface area (TPSA) is 92.2 Å². The highest BCUT2D eigenvalue weighted by atomic mass is 32.1. The summed E-state index contributed by atoms with van der Waals surface area (Å²) >= 11 is 1.60. The van der Waals surface area contributed by atoms with Crippen LogP contribution in [-0.2, 0) is 16.1 Å². The highest BCUT2D eigenvalue weighted by molar-refractivity contribution is 7.14. The largest absolute Gasteiger partial charge is 0.488 e. The number of likely N-dealkylation sites (N-methyl/N-ethyl adjacent to an activating group) is 1. The summed E-state index contributed by atoms with van der Waals surface area (Å²) in [6.07, 6.45) is 1.95. The van der Waals surface area contributed by atoms with Gasteiger partial charge in [-0.25, -0.2) is 4.98 Å². The van der Waals surface area contributed by atoms with Crippen LogP contribution in [0.1, 0.15) is 39.9 Å². The van der Waals surface area contributed by atoms with E-state index in [9.17, 15) is 14.7 Å². The molecule has 2 heterocycles. The monoisotopic (exact) mass is 563 g/mol. The molecule has 0 spiro atoms. The molecule has 1 amide bonds. The van der Waals surface area contributed by atoms with Gasteiger partial charge in [-0.1, -0.05) is 17.7 Å². The summed E-state index contributed by atoms with van der Waals surface area (Å²) in [5, 5.41) is 12.7. The van der Waals surface area contributed by atoms with Gasteiger partial charge in [0.2, 0.25) is 0 Å². The smallest absolute Gasteiger partial charge is 0.307 e. The SMILES string of the molecule is COCCN(C)C(=O)c1ccc(COc2ccc(C)cc2-c2csc(N3CC4CC[C@H](C3)[C@@H]4C(=O)O)n2)c(C)c1. The Kier molecular flexibility index (Phi) is 8.42. The summed E-state index contributed by atoms with van der Waals surface area (Å²) in [5.74, 6) is 0.229. The van der Waals surface area contributed by atoms with E-state index >= 15 is 0 Å². The fourth-order valence-electron chi connectivity index (χ4n) is 5.98. The number of nitrogens with zero attached hydrogens (tertiary/aromatic N) is 3. The molecule has 0 radical (unpaired) electrons. The molecule has 1 unspecified atom stereocenters. The predicted octanol–water partition coefficient (Wildman–Crippen LogP) is 5.27. The van der Waals surface area contributed by atoms with E-state index in [1.165, 1.54) is 0 Å². The van der Waals surface area contributed by atoms with Gasteiger partial charge >= 0.3 is 5.97 Å². The van der Waals surface area contributed by atoms with E-state index in [1.807, 2.05) is 37.3 Å². The summed E-state index contributed by atoms with van der Waals surface area (Å²) in [6.45, 7) is 6.95. The number of aliphatic carboxylic acids is 1. The predicted molar refractivity (Wildman–Crippen MR) is 156 cm³/mol. The summed E-state index contributed by atoms with van der Waals surface area (Å²) in [7, 11) is 3.40. The molecule has 1 aromatic heterocycles. The highest BCUT2D eigenvalue weighted by Gasteiger charge is 2.46. The molecule has 212 valence electrons. The number of rotatable bonds is 10. The summed E-state index contributed by atoms with van der Waals surface area (Å²) in [5.41, 5.74) is 5.58. The van der Waals surface area contributed by atoms with Gasteiger partial charge in [0.15, 0.2) is 5.13 Å². The zero-order chi connectivity index (χ0) is 28.4. The van der Waals surface area contributed by atoms with Crippen LogP contribution in [-0.4, -0.2) is 67.3 Å². The second-order valence-electron chi connectivity index (χ2n) is 11.0. The van der Waals surface area contributed by atoms with Crippen LogP contribution in [0, 0.1) is 31.6 Å². The van der Waals surface area contributed by atoms with E-state index in [1.54, 1.807) is 30.4 Å². The molecule has 2 fully saturated rings. The van der Waals surface area contributed by atoms with Crippen molar-refractivity contribution in [2.75, 3.05) is 45.3 Å². The van der Waals surface area contributed by atoms with Gasteiger partial charge in [0.1, 0.15) is 12.4 Å². The first-order valence-corrected chi connectivity index (χ1v) is 14.6. The van der Waals surface area contributed by atoms with Gasteiger partial charge in [-0.05, 0) is 73.9 Å². The fourth-order valence-corrected chi connectivity index (χ4v) is 6.83. The minimum absolute atomic E-state index is 0.0343. The first-order valence-electron chi connectivity index (χ1n) is 13.8. The molecule has 8 nitrogen and oxygen atoms in total. The van der Waals surface area contributed by atoms with Crippen LogP contribution in [0.3, 0.4) is 0 Å². The van der Waals surface area contributed by atoms with Crippen molar-refractivity contribution in [3.63, 3.8) is 0 Å². The third-order valence-electron chi connectivity index (χ3n) is 8.24. The number of hydrogen-bond acceptors (Lipinski definition) is 7. The average Bonchev–Trinajstić information content (AvgIpc) is 3.54. The molecule has 5 rings (SSSR count). The Hall–Kier alpha value is -3.43. The Bertz CT molecular complexity index is 1380. The van der Waals surface area contributed by atoms with E-state index in [-0.39, 0.29) is 23.7 Å². The van der Waals surface area contributed by atoms with Crippen molar-refractivity contribution < 1.29 is 24.2 Å². The van der Waals surface area contributed by atoms with E-state index in [0.717, 1.165) is 64.8 Å². The number of benzene rings is 2. The number of amides is 1. The number of methoxy groups -OCH3 is 1. The van der Waals surface area contributed by atoms with Crippen LogP contribution in [0.2, 0.25) is 0 Å². The number of anilines is 1. The van der Waals surface area contributed by atoms with Gasteiger partial charge in [0.25, 0.3) is 5.91 Å². The van der Waals surface area contributed by atoms with Crippen LogP contribution in [0.5, 0.6) is 5.75 Å². The lowest BCUT2D eigenvalue weighted by Crippen LogP contribution is -2.44. The van der Waals surface area contributed by atoms with Crippen molar-refractivity contribution >= 4 is 28.3 Å². The quantitative estimate of drug-likeness (QED) is 0.359. The molecule has 1 saturated heterocycles. The van der Waals surface area contributed by atoms with E-state index in [0.29, 0.717) is 25.3 Å². The number of thiazole rings is 1. The van der Waals surface area contributed by atoms with Crippen molar-refractivity contribution in [3.8, 4) is 17.0 Å². The van der Waals surface area contributed by atoms with Crippen molar-refractivity contribution in [2.24, 2.45) is 17.8 Å². The minimum atomic E-state index is -0.653. The lowest BCUT2D eigenvalue weighted by molar-refractivity contribution is -0.144. The number of carbonyl (C=O) groups is 2. The van der Waals surface area contributed by atoms with Gasteiger partial charge in [-0.3, -0.25) is 9.59 Å². The van der Waals surface area contributed by atoms with Crippen LogP contribution in [0.4, 0.5) is 5.13 Å². The second-order valence-corrected chi connectivity index (χ2v) is 11.9. The van der Waals surface area contributed by atoms with Crippen LogP contribution < -0.4 is 9.64 Å². The number of fused-ring (bicyclic) bond motifs is 2. The Morgan fingerprint density at radius 1 is 1.12 bits per heavy atom. The van der Waals surface area contributed by atoms with E-state index in [4.69, 9.17) is 14.5 Å². The first kappa shape index (κ1) is 28.1. The number of aromatic nitrogens is 1. The summed E-state index contributed by atoms with van der Waals surface area (Å²) < 4.78 is 11.4. The fraction of sp³-hybridized carbons (Fsp3) is 0.452. The van der Waals surface area contributed by atoms with Gasteiger partial charge in [-0.2, -0.15) is 0 Å². The van der Waals surface area contributed by atoms with Crippen LogP contribution in [0.25, 0.3) is 11.3 Å². The van der Waals surface area contributed by atoms with Gasteiger partial charge in [0, 0.05) is 50.3 Å². The van der Waals surface area contributed by atoms with Gasteiger partial charge in [-0.15, -0.1) is 11.3 Å². The third kappa shape index (κ3) is 5.86. The molecule has 2 bridgehead atoms. The zero-order valence-electron chi connectivity index (χ0n) is 23.6. The molecule has 1 aliphatic heterocycles. The molecule has 1 N–H and O–H groups in total. The number of carbonyl (C=O) groups excluding carboxylic acids is 1. The molecule has 1 aliphatic carbocycles.